The quantitative estimate of drug-likeness (QED) is 0.608. The Morgan fingerprint density at radius 2 is 1.67 bits per heavy atom. The highest BCUT2D eigenvalue weighted by atomic mass is 16.6. The van der Waals surface area contributed by atoms with Crippen molar-refractivity contribution in [3.63, 3.8) is 0 Å². The maximum absolute atomic E-state index is 11.5. The molecule has 0 amide bonds. The number of hydrogen-bond acceptors (Lipinski definition) is 5. The van der Waals surface area contributed by atoms with Gasteiger partial charge in [-0.15, -0.1) is 0 Å². The van der Waals surface area contributed by atoms with E-state index in [9.17, 15) is 4.79 Å². The zero-order valence-corrected chi connectivity index (χ0v) is 11.1. The van der Waals surface area contributed by atoms with Crippen molar-refractivity contribution < 1.29 is 14.3 Å². The summed E-state index contributed by atoms with van der Waals surface area (Å²) in [5.41, 5.74) is 0.499. The summed E-state index contributed by atoms with van der Waals surface area (Å²) in [7, 11) is 1.61. The Morgan fingerprint density at radius 3 is 2.06 bits per heavy atom. The molecule has 1 aromatic rings. The summed E-state index contributed by atoms with van der Waals surface area (Å²) >= 11 is 0. The van der Waals surface area contributed by atoms with Crippen molar-refractivity contribution in [3.8, 4) is 5.75 Å². The lowest BCUT2D eigenvalue weighted by atomic mass is 10.1. The smallest absolute Gasteiger partial charge is 0.310 e. The van der Waals surface area contributed by atoms with Crippen LogP contribution in [0.15, 0.2) is 24.3 Å². The fraction of sp³-hybridized carbons (Fsp3) is 0.462. The maximum atomic E-state index is 11.5. The molecule has 0 aromatic heterocycles. The second-order valence-corrected chi connectivity index (χ2v) is 4.61. The minimum atomic E-state index is -0.427. The van der Waals surface area contributed by atoms with Crippen LogP contribution >= 0.6 is 0 Å². The Morgan fingerprint density at radius 1 is 1.17 bits per heavy atom. The third kappa shape index (κ3) is 6.48. The van der Waals surface area contributed by atoms with E-state index in [1.165, 1.54) is 0 Å². The minimum Gasteiger partial charge on any atom is -0.497 e. The second-order valence-electron chi connectivity index (χ2n) is 4.61. The average molecular weight is 250 g/mol. The summed E-state index contributed by atoms with van der Waals surface area (Å²) in [4.78, 5) is 11.5. The van der Waals surface area contributed by atoms with Gasteiger partial charge in [0.15, 0.2) is 0 Å². The van der Waals surface area contributed by atoms with Crippen LogP contribution in [0.2, 0.25) is 0 Å². The first-order valence-electron chi connectivity index (χ1n) is 5.45. The van der Waals surface area contributed by atoms with Gasteiger partial charge in [-0.25, -0.2) is 0 Å². The van der Waals surface area contributed by atoms with Crippen LogP contribution < -0.4 is 4.74 Å². The number of benzene rings is 1. The molecule has 1 rings (SSSR count). The normalized spacial score (nSPS) is 9.89. The first kappa shape index (κ1) is 15.9. The zero-order valence-electron chi connectivity index (χ0n) is 11.1. The maximum Gasteiger partial charge on any atom is 0.310 e. The molecule has 0 saturated heterocycles. The largest absolute Gasteiger partial charge is 0.497 e. The van der Waals surface area contributed by atoms with Crippen LogP contribution in [-0.2, 0) is 16.0 Å². The van der Waals surface area contributed by atoms with E-state index >= 15 is 0 Å². The van der Waals surface area contributed by atoms with Gasteiger partial charge in [0.05, 0.1) is 13.5 Å². The average Bonchev–Trinajstić information content (AvgIpc) is 2.30. The van der Waals surface area contributed by atoms with Crippen LogP contribution in [-0.4, -0.2) is 18.7 Å². The monoisotopic (exact) mass is 250 g/mol. The SMILES string of the molecule is COc1ccc(CC(=O)OC(C)(C)C)cc1.N#N. The molecule has 0 aliphatic rings. The van der Waals surface area contributed by atoms with Crippen molar-refractivity contribution in [2.45, 2.75) is 32.8 Å². The van der Waals surface area contributed by atoms with E-state index in [0.717, 1.165) is 11.3 Å². The Bertz CT molecular complexity index is 391. The number of methoxy groups -OCH3 is 1. The Balaban J connectivity index is 0.00000137. The van der Waals surface area contributed by atoms with Crippen LogP contribution in [0, 0.1) is 10.8 Å². The molecule has 0 bridgehead atoms. The molecule has 5 nitrogen and oxygen atoms in total. The Hall–Kier alpha value is -2.09. The van der Waals surface area contributed by atoms with Gasteiger partial charge in [-0.2, -0.15) is 0 Å². The first-order valence-corrected chi connectivity index (χ1v) is 5.45. The number of rotatable bonds is 3. The Kier molecular flexibility index (Phi) is 6.43. The van der Waals surface area contributed by atoms with E-state index in [4.69, 9.17) is 20.3 Å². The molecule has 0 aliphatic heterocycles. The predicted octanol–water partition coefficient (Wildman–Crippen LogP) is 2.61. The summed E-state index contributed by atoms with van der Waals surface area (Å²) in [6, 6.07) is 7.39. The van der Waals surface area contributed by atoms with Gasteiger partial charge in [0.1, 0.15) is 11.4 Å². The van der Waals surface area contributed by atoms with Crippen molar-refractivity contribution >= 4 is 5.97 Å². The molecule has 0 saturated carbocycles. The summed E-state index contributed by atoms with van der Waals surface area (Å²) in [6.45, 7) is 5.58. The van der Waals surface area contributed by atoms with Gasteiger partial charge in [0, 0.05) is 10.8 Å². The summed E-state index contributed by atoms with van der Waals surface area (Å²) < 4.78 is 10.3. The predicted molar refractivity (Wildman–Crippen MR) is 66.0 cm³/mol. The van der Waals surface area contributed by atoms with E-state index in [2.05, 4.69) is 0 Å². The lowest BCUT2D eigenvalue weighted by molar-refractivity contribution is -0.153. The number of nitrogens with zero attached hydrogens (tertiary/aromatic N) is 2. The van der Waals surface area contributed by atoms with Crippen molar-refractivity contribution in [3.05, 3.63) is 29.8 Å². The summed E-state index contributed by atoms with van der Waals surface area (Å²) in [6.07, 6.45) is 0.293. The topological polar surface area (TPSA) is 83.1 Å². The third-order valence-corrected chi connectivity index (χ3v) is 1.93. The van der Waals surface area contributed by atoms with E-state index in [0.29, 0.717) is 6.42 Å². The molecular weight excluding hydrogens is 232 g/mol. The van der Waals surface area contributed by atoms with E-state index < -0.39 is 5.60 Å². The number of esters is 1. The van der Waals surface area contributed by atoms with Gasteiger partial charge in [-0.3, -0.25) is 4.79 Å². The van der Waals surface area contributed by atoms with E-state index in [-0.39, 0.29) is 5.97 Å². The van der Waals surface area contributed by atoms with E-state index in [1.54, 1.807) is 7.11 Å². The van der Waals surface area contributed by atoms with Gasteiger partial charge in [0.2, 0.25) is 0 Å². The van der Waals surface area contributed by atoms with Crippen LogP contribution in [0.1, 0.15) is 26.3 Å². The van der Waals surface area contributed by atoms with Crippen molar-refractivity contribution in [2.24, 2.45) is 0 Å². The number of carbonyl (C=O) groups is 1. The highest BCUT2D eigenvalue weighted by Crippen LogP contribution is 2.14. The lowest BCUT2D eigenvalue weighted by Crippen LogP contribution is -2.24. The van der Waals surface area contributed by atoms with Crippen LogP contribution in [0.25, 0.3) is 0 Å². The minimum absolute atomic E-state index is 0.210. The van der Waals surface area contributed by atoms with Crippen molar-refractivity contribution in [1.82, 2.24) is 0 Å². The highest BCUT2D eigenvalue weighted by molar-refractivity contribution is 5.73. The molecule has 0 aliphatic carbocycles. The molecule has 0 unspecified atom stereocenters. The number of ether oxygens (including phenoxy) is 2. The molecule has 0 fully saturated rings. The van der Waals surface area contributed by atoms with Gasteiger partial charge < -0.3 is 9.47 Å². The molecule has 0 spiro atoms. The van der Waals surface area contributed by atoms with Gasteiger partial charge in [-0.05, 0) is 38.5 Å². The van der Waals surface area contributed by atoms with Gasteiger partial charge >= 0.3 is 5.97 Å². The molecule has 0 N–H and O–H groups in total. The fourth-order valence-electron chi connectivity index (χ4n) is 1.29. The highest BCUT2D eigenvalue weighted by Gasteiger charge is 2.16. The van der Waals surface area contributed by atoms with Gasteiger partial charge in [-0.1, -0.05) is 12.1 Å². The van der Waals surface area contributed by atoms with Crippen molar-refractivity contribution in [1.29, 1.82) is 10.8 Å². The summed E-state index contributed by atoms with van der Waals surface area (Å²) in [5.74, 6) is 0.575. The van der Waals surface area contributed by atoms with Crippen LogP contribution in [0.4, 0.5) is 0 Å². The molecule has 0 atom stereocenters. The second kappa shape index (κ2) is 7.28. The molecule has 98 valence electrons. The van der Waals surface area contributed by atoms with Gasteiger partial charge in [0.25, 0.3) is 0 Å². The molecule has 5 heteroatoms. The molecular formula is C13H18N2O3. The van der Waals surface area contributed by atoms with E-state index in [1.807, 2.05) is 45.0 Å². The molecule has 0 heterocycles. The molecule has 0 radical (unpaired) electrons. The standard InChI is InChI=1S/C13H18O3.N2/c1-13(2,3)16-12(14)9-10-5-7-11(15-4)8-6-10;1-2/h5-8H,9H2,1-4H3;. The number of hydrogen-bond donors (Lipinski definition) is 0. The van der Waals surface area contributed by atoms with Crippen LogP contribution in [0.3, 0.4) is 0 Å². The zero-order chi connectivity index (χ0) is 14.2. The van der Waals surface area contributed by atoms with Crippen LogP contribution in [0.5, 0.6) is 5.75 Å². The molecule has 1 aromatic carbocycles. The number of carbonyl (C=O) groups excluding carboxylic acids is 1. The third-order valence-electron chi connectivity index (χ3n) is 1.93. The summed E-state index contributed by atoms with van der Waals surface area (Å²) in [5, 5.41) is 12.0. The first-order chi connectivity index (χ1) is 8.40. The fourth-order valence-corrected chi connectivity index (χ4v) is 1.29. The van der Waals surface area contributed by atoms with Crippen molar-refractivity contribution in [2.75, 3.05) is 7.11 Å². The lowest BCUT2D eigenvalue weighted by Gasteiger charge is -2.19. The Labute approximate surface area is 107 Å². The molecule has 18 heavy (non-hydrogen) atoms.